The van der Waals surface area contributed by atoms with Gasteiger partial charge in [0.2, 0.25) is 5.91 Å². The zero-order valence-corrected chi connectivity index (χ0v) is 15.5. The lowest BCUT2D eigenvalue weighted by molar-refractivity contribution is -0.132. The van der Waals surface area contributed by atoms with Crippen LogP contribution in [-0.4, -0.2) is 60.2 Å². The number of halogens is 1. The van der Waals surface area contributed by atoms with Gasteiger partial charge in [0, 0.05) is 55.7 Å². The number of hydrogen-bond donors (Lipinski definition) is 1. The molecule has 0 bridgehead atoms. The number of benzene rings is 1. The van der Waals surface area contributed by atoms with Crippen LogP contribution in [0, 0.1) is 5.82 Å². The third-order valence-electron chi connectivity index (χ3n) is 4.40. The first-order valence-corrected chi connectivity index (χ1v) is 9.62. The number of nitrogens with zero attached hydrogens (tertiary/aromatic N) is 2. The number of rotatable bonds is 5. The molecule has 0 spiro atoms. The van der Waals surface area contributed by atoms with Crippen molar-refractivity contribution >= 4 is 29.1 Å². The number of nitrogens with one attached hydrogen (secondary N) is 1. The highest BCUT2D eigenvalue weighted by Crippen LogP contribution is 2.11. The number of carbonyl (C=O) groups excluding carboxylic acids is 3. The summed E-state index contributed by atoms with van der Waals surface area (Å²) in [4.78, 5) is 39.8. The van der Waals surface area contributed by atoms with Gasteiger partial charge in [0.1, 0.15) is 5.82 Å². The predicted molar refractivity (Wildman–Crippen MR) is 100 cm³/mol. The standard InChI is InChI=1S/C19H20FN3O3S/c20-16-3-1-2-14(12-16)19(26)23-9-7-22(8-10-23)17(24)4-6-21-18(25)15-5-11-27-13-15/h1-3,5,11-13H,4,6-10H2,(H,21,25). The summed E-state index contributed by atoms with van der Waals surface area (Å²) in [7, 11) is 0. The van der Waals surface area contributed by atoms with Crippen LogP contribution in [0.15, 0.2) is 41.1 Å². The maximum absolute atomic E-state index is 13.3. The summed E-state index contributed by atoms with van der Waals surface area (Å²) in [6.45, 7) is 1.94. The highest BCUT2D eigenvalue weighted by atomic mass is 32.1. The number of amides is 3. The molecule has 2 aromatic rings. The summed E-state index contributed by atoms with van der Waals surface area (Å²) in [6.07, 6.45) is 0.216. The monoisotopic (exact) mass is 389 g/mol. The summed E-state index contributed by atoms with van der Waals surface area (Å²) >= 11 is 1.44. The van der Waals surface area contributed by atoms with Gasteiger partial charge in [0.05, 0.1) is 0 Å². The van der Waals surface area contributed by atoms with Crippen molar-refractivity contribution in [3.8, 4) is 0 Å². The van der Waals surface area contributed by atoms with E-state index in [0.29, 0.717) is 37.3 Å². The van der Waals surface area contributed by atoms with Gasteiger partial charge < -0.3 is 15.1 Å². The molecule has 0 atom stereocenters. The molecular formula is C19H20FN3O3S. The average molecular weight is 389 g/mol. The topological polar surface area (TPSA) is 69.7 Å². The summed E-state index contributed by atoms with van der Waals surface area (Å²) in [6, 6.07) is 7.34. The fourth-order valence-electron chi connectivity index (χ4n) is 2.90. The van der Waals surface area contributed by atoms with Gasteiger partial charge in [-0.15, -0.1) is 0 Å². The van der Waals surface area contributed by atoms with Crippen LogP contribution in [0.25, 0.3) is 0 Å². The maximum atomic E-state index is 13.3. The molecule has 0 saturated carbocycles. The van der Waals surface area contributed by atoms with E-state index in [0.717, 1.165) is 0 Å². The van der Waals surface area contributed by atoms with Crippen LogP contribution in [0.2, 0.25) is 0 Å². The zero-order valence-electron chi connectivity index (χ0n) is 14.7. The van der Waals surface area contributed by atoms with Gasteiger partial charge in [-0.25, -0.2) is 4.39 Å². The van der Waals surface area contributed by atoms with E-state index in [1.165, 1.54) is 29.5 Å². The van der Waals surface area contributed by atoms with Crippen molar-refractivity contribution in [2.24, 2.45) is 0 Å². The molecule has 0 aliphatic carbocycles. The summed E-state index contributed by atoms with van der Waals surface area (Å²) < 4.78 is 13.3. The molecule has 3 amide bonds. The van der Waals surface area contributed by atoms with Crippen molar-refractivity contribution in [3.05, 3.63) is 58.0 Å². The van der Waals surface area contributed by atoms with E-state index in [1.54, 1.807) is 27.3 Å². The molecular weight excluding hydrogens is 369 g/mol. The van der Waals surface area contributed by atoms with Crippen LogP contribution in [0.1, 0.15) is 27.1 Å². The molecule has 6 nitrogen and oxygen atoms in total. The van der Waals surface area contributed by atoms with Crippen LogP contribution in [0.5, 0.6) is 0 Å². The Morgan fingerprint density at radius 3 is 2.44 bits per heavy atom. The van der Waals surface area contributed by atoms with Crippen molar-refractivity contribution in [2.75, 3.05) is 32.7 Å². The Balaban J connectivity index is 1.42. The van der Waals surface area contributed by atoms with Crippen LogP contribution in [0.3, 0.4) is 0 Å². The Hall–Kier alpha value is -2.74. The van der Waals surface area contributed by atoms with Gasteiger partial charge in [-0.05, 0) is 29.6 Å². The van der Waals surface area contributed by atoms with Crippen molar-refractivity contribution in [1.29, 1.82) is 0 Å². The van der Waals surface area contributed by atoms with Gasteiger partial charge >= 0.3 is 0 Å². The molecule has 0 radical (unpaired) electrons. The Morgan fingerprint density at radius 2 is 1.78 bits per heavy atom. The molecule has 1 fully saturated rings. The van der Waals surface area contributed by atoms with Crippen molar-refractivity contribution < 1.29 is 18.8 Å². The normalized spacial score (nSPS) is 14.1. The fourth-order valence-corrected chi connectivity index (χ4v) is 3.54. The van der Waals surface area contributed by atoms with Gasteiger partial charge in [-0.3, -0.25) is 14.4 Å². The van der Waals surface area contributed by atoms with Crippen molar-refractivity contribution in [1.82, 2.24) is 15.1 Å². The molecule has 2 heterocycles. The minimum absolute atomic E-state index is 0.0570. The Bertz CT molecular complexity index is 817. The summed E-state index contributed by atoms with van der Waals surface area (Å²) in [5, 5.41) is 6.31. The van der Waals surface area contributed by atoms with Crippen LogP contribution >= 0.6 is 11.3 Å². The van der Waals surface area contributed by atoms with Gasteiger partial charge in [0.25, 0.3) is 11.8 Å². The second kappa shape index (κ2) is 8.77. The Kier molecular flexibility index (Phi) is 6.18. The van der Waals surface area contributed by atoms with E-state index < -0.39 is 5.82 Å². The van der Waals surface area contributed by atoms with Crippen LogP contribution < -0.4 is 5.32 Å². The third kappa shape index (κ3) is 4.91. The summed E-state index contributed by atoms with van der Waals surface area (Å²) in [5.74, 6) is -0.920. The molecule has 1 aromatic carbocycles. The number of hydrogen-bond acceptors (Lipinski definition) is 4. The number of piperazine rings is 1. The zero-order chi connectivity index (χ0) is 19.2. The molecule has 8 heteroatoms. The highest BCUT2D eigenvalue weighted by molar-refractivity contribution is 7.08. The molecule has 27 heavy (non-hydrogen) atoms. The minimum Gasteiger partial charge on any atom is -0.351 e. The molecule has 1 aromatic heterocycles. The largest absolute Gasteiger partial charge is 0.351 e. The fraction of sp³-hybridized carbons (Fsp3) is 0.316. The van der Waals surface area contributed by atoms with E-state index in [4.69, 9.17) is 0 Å². The molecule has 1 aliphatic rings. The predicted octanol–water partition coefficient (Wildman–Crippen LogP) is 1.99. The van der Waals surface area contributed by atoms with E-state index in [-0.39, 0.29) is 30.7 Å². The van der Waals surface area contributed by atoms with E-state index in [2.05, 4.69) is 5.32 Å². The first kappa shape index (κ1) is 19.0. The van der Waals surface area contributed by atoms with Crippen LogP contribution in [0.4, 0.5) is 4.39 Å². The van der Waals surface area contributed by atoms with E-state index >= 15 is 0 Å². The van der Waals surface area contributed by atoms with Crippen molar-refractivity contribution in [3.63, 3.8) is 0 Å². The number of carbonyl (C=O) groups is 3. The smallest absolute Gasteiger partial charge is 0.254 e. The van der Waals surface area contributed by atoms with Crippen LogP contribution in [-0.2, 0) is 4.79 Å². The molecule has 1 N–H and O–H groups in total. The lowest BCUT2D eigenvalue weighted by Gasteiger charge is -2.35. The van der Waals surface area contributed by atoms with Crippen molar-refractivity contribution in [2.45, 2.75) is 6.42 Å². The van der Waals surface area contributed by atoms with Gasteiger partial charge in [0.15, 0.2) is 0 Å². The minimum atomic E-state index is -0.445. The average Bonchev–Trinajstić information content (AvgIpc) is 3.22. The quantitative estimate of drug-likeness (QED) is 0.850. The lowest BCUT2D eigenvalue weighted by Crippen LogP contribution is -2.51. The molecule has 1 saturated heterocycles. The second-order valence-corrected chi connectivity index (χ2v) is 6.98. The van der Waals surface area contributed by atoms with E-state index in [9.17, 15) is 18.8 Å². The molecule has 1 aliphatic heterocycles. The molecule has 142 valence electrons. The SMILES string of the molecule is O=C(NCCC(=O)N1CCN(C(=O)c2cccc(F)c2)CC1)c1ccsc1. The lowest BCUT2D eigenvalue weighted by atomic mass is 10.1. The first-order valence-electron chi connectivity index (χ1n) is 8.67. The van der Waals surface area contributed by atoms with Gasteiger partial charge in [-0.2, -0.15) is 11.3 Å². The Morgan fingerprint density at radius 1 is 1.04 bits per heavy atom. The highest BCUT2D eigenvalue weighted by Gasteiger charge is 2.24. The number of thiophene rings is 1. The second-order valence-electron chi connectivity index (χ2n) is 6.20. The van der Waals surface area contributed by atoms with E-state index in [1.807, 2.05) is 5.38 Å². The third-order valence-corrected chi connectivity index (χ3v) is 5.08. The Labute approximate surface area is 160 Å². The summed E-state index contributed by atoms with van der Waals surface area (Å²) in [5.41, 5.74) is 0.905. The van der Waals surface area contributed by atoms with Gasteiger partial charge in [-0.1, -0.05) is 6.07 Å². The first-order chi connectivity index (χ1) is 13.0. The molecule has 0 unspecified atom stereocenters. The molecule has 3 rings (SSSR count). The maximum Gasteiger partial charge on any atom is 0.254 e.